The number of hydrogen-bond acceptors (Lipinski definition) is 6. The third-order valence-corrected chi connectivity index (χ3v) is 4.72. The highest BCUT2D eigenvalue weighted by Crippen LogP contribution is 2.42. The van der Waals surface area contributed by atoms with Crippen molar-refractivity contribution in [2.75, 3.05) is 0 Å². The van der Waals surface area contributed by atoms with E-state index >= 15 is 0 Å². The molecule has 1 aromatic heterocycles. The number of aryl methyl sites for hydroxylation is 1. The molecule has 3 rings (SSSR count). The Morgan fingerprint density at radius 3 is 2.65 bits per heavy atom. The van der Waals surface area contributed by atoms with Crippen molar-refractivity contribution in [1.29, 1.82) is 0 Å². The van der Waals surface area contributed by atoms with Crippen LogP contribution < -0.4 is 15.1 Å². The van der Waals surface area contributed by atoms with Crippen LogP contribution in [-0.4, -0.2) is 23.1 Å². The van der Waals surface area contributed by atoms with Crippen molar-refractivity contribution < 1.29 is 19.1 Å². The lowest BCUT2D eigenvalue weighted by Crippen LogP contribution is -2.34. The number of ether oxygens (including phenoxy) is 2. The fourth-order valence-corrected chi connectivity index (χ4v) is 3.41. The smallest absolute Gasteiger partial charge is 0.336 e. The fraction of sp³-hybridized carbons (Fsp3) is 0.500. The highest BCUT2D eigenvalue weighted by molar-refractivity contribution is 6.14. The standard InChI is InChI=1S/C20H25NO5/c1-6-7-13-8-16(22)26-20-17(13)14(24-10(2)3)9-15-18(20)19(21-23)11(4)12(5)25-15/h8-12,23H,6-7H2,1-5H3/b21-19-. The monoisotopic (exact) mass is 359 g/mol. The molecule has 6 nitrogen and oxygen atoms in total. The minimum atomic E-state index is -0.437. The van der Waals surface area contributed by atoms with Gasteiger partial charge in [0.25, 0.3) is 0 Å². The quantitative estimate of drug-likeness (QED) is 0.504. The van der Waals surface area contributed by atoms with Gasteiger partial charge in [-0.1, -0.05) is 25.4 Å². The molecule has 1 aromatic carbocycles. The largest absolute Gasteiger partial charge is 0.490 e. The van der Waals surface area contributed by atoms with Crippen LogP contribution in [0.25, 0.3) is 11.0 Å². The van der Waals surface area contributed by atoms with Gasteiger partial charge in [0.15, 0.2) is 5.58 Å². The molecule has 0 radical (unpaired) electrons. The van der Waals surface area contributed by atoms with Gasteiger partial charge >= 0.3 is 5.63 Å². The number of benzene rings is 1. The molecule has 0 fully saturated rings. The average Bonchev–Trinajstić information content (AvgIpc) is 2.56. The molecule has 0 bridgehead atoms. The van der Waals surface area contributed by atoms with Crippen LogP contribution in [0.2, 0.25) is 0 Å². The zero-order chi connectivity index (χ0) is 19.0. The number of fused-ring (bicyclic) bond motifs is 3. The molecule has 0 saturated heterocycles. The molecule has 0 amide bonds. The lowest BCUT2D eigenvalue weighted by Gasteiger charge is -2.31. The molecule has 1 N–H and O–H groups in total. The molecule has 2 unspecified atom stereocenters. The van der Waals surface area contributed by atoms with E-state index in [1.54, 1.807) is 0 Å². The predicted octanol–water partition coefficient (Wildman–Crippen LogP) is 4.13. The van der Waals surface area contributed by atoms with E-state index in [1.165, 1.54) is 6.07 Å². The van der Waals surface area contributed by atoms with Crippen molar-refractivity contribution in [2.45, 2.75) is 59.7 Å². The van der Waals surface area contributed by atoms with Crippen molar-refractivity contribution in [1.82, 2.24) is 0 Å². The first-order chi connectivity index (χ1) is 12.4. The van der Waals surface area contributed by atoms with E-state index in [2.05, 4.69) is 12.1 Å². The highest BCUT2D eigenvalue weighted by Gasteiger charge is 2.34. The second kappa shape index (κ2) is 7.02. The van der Waals surface area contributed by atoms with Crippen LogP contribution >= 0.6 is 0 Å². The maximum absolute atomic E-state index is 12.2. The Bertz CT molecular complexity index is 913. The predicted molar refractivity (Wildman–Crippen MR) is 99.8 cm³/mol. The van der Waals surface area contributed by atoms with E-state index in [-0.39, 0.29) is 18.1 Å². The molecule has 0 spiro atoms. The van der Waals surface area contributed by atoms with Gasteiger partial charge in [-0.15, -0.1) is 0 Å². The molecular weight excluding hydrogens is 334 g/mol. The van der Waals surface area contributed by atoms with E-state index < -0.39 is 5.63 Å². The van der Waals surface area contributed by atoms with Gasteiger partial charge in [0, 0.05) is 18.1 Å². The molecule has 6 heteroatoms. The Labute approximate surface area is 152 Å². The third kappa shape index (κ3) is 3.04. The maximum Gasteiger partial charge on any atom is 0.336 e. The molecule has 1 aliphatic rings. The van der Waals surface area contributed by atoms with Crippen LogP contribution in [0.4, 0.5) is 0 Å². The van der Waals surface area contributed by atoms with Crippen molar-refractivity contribution in [3.05, 3.63) is 33.7 Å². The van der Waals surface area contributed by atoms with E-state index in [4.69, 9.17) is 13.9 Å². The number of oxime groups is 1. The van der Waals surface area contributed by atoms with Gasteiger partial charge in [0.05, 0.1) is 17.1 Å². The molecule has 1 aliphatic heterocycles. The van der Waals surface area contributed by atoms with Crippen LogP contribution in [0.3, 0.4) is 0 Å². The van der Waals surface area contributed by atoms with Gasteiger partial charge in [-0.25, -0.2) is 4.79 Å². The van der Waals surface area contributed by atoms with Gasteiger partial charge < -0.3 is 19.1 Å². The summed E-state index contributed by atoms with van der Waals surface area (Å²) in [6, 6.07) is 3.32. The van der Waals surface area contributed by atoms with Crippen molar-refractivity contribution in [3.8, 4) is 11.5 Å². The first kappa shape index (κ1) is 18.3. The van der Waals surface area contributed by atoms with Gasteiger partial charge in [0.1, 0.15) is 23.3 Å². The topological polar surface area (TPSA) is 81.3 Å². The van der Waals surface area contributed by atoms with Crippen molar-refractivity contribution in [2.24, 2.45) is 11.1 Å². The first-order valence-electron chi connectivity index (χ1n) is 9.06. The van der Waals surface area contributed by atoms with Crippen LogP contribution in [0.1, 0.15) is 52.2 Å². The summed E-state index contributed by atoms with van der Waals surface area (Å²) in [4.78, 5) is 12.2. The van der Waals surface area contributed by atoms with E-state index in [9.17, 15) is 10.0 Å². The summed E-state index contributed by atoms with van der Waals surface area (Å²) in [5.41, 5.74) is 1.77. The Balaban J connectivity index is 2.43. The number of nitrogens with zero attached hydrogens (tertiary/aromatic N) is 1. The Morgan fingerprint density at radius 2 is 2.04 bits per heavy atom. The van der Waals surface area contributed by atoms with Gasteiger partial charge in [-0.3, -0.25) is 0 Å². The summed E-state index contributed by atoms with van der Waals surface area (Å²) >= 11 is 0. The van der Waals surface area contributed by atoms with Crippen LogP contribution in [0.5, 0.6) is 11.5 Å². The second-order valence-corrected chi connectivity index (χ2v) is 7.06. The summed E-state index contributed by atoms with van der Waals surface area (Å²) in [5, 5.41) is 13.9. The van der Waals surface area contributed by atoms with Crippen molar-refractivity contribution >= 4 is 16.7 Å². The lowest BCUT2D eigenvalue weighted by atomic mass is 9.88. The first-order valence-corrected chi connectivity index (χ1v) is 9.06. The van der Waals surface area contributed by atoms with Crippen LogP contribution in [0, 0.1) is 5.92 Å². The van der Waals surface area contributed by atoms with E-state index in [1.807, 2.05) is 33.8 Å². The van der Waals surface area contributed by atoms with Crippen molar-refractivity contribution in [3.63, 3.8) is 0 Å². The lowest BCUT2D eigenvalue weighted by molar-refractivity contribution is 0.176. The van der Waals surface area contributed by atoms with Crippen LogP contribution in [-0.2, 0) is 6.42 Å². The average molecular weight is 359 g/mol. The zero-order valence-corrected chi connectivity index (χ0v) is 15.8. The molecule has 2 atom stereocenters. The van der Waals surface area contributed by atoms with Crippen LogP contribution in [0.15, 0.2) is 26.5 Å². The molecule has 2 heterocycles. The van der Waals surface area contributed by atoms with E-state index in [0.29, 0.717) is 34.8 Å². The summed E-state index contributed by atoms with van der Waals surface area (Å²) in [6.07, 6.45) is 1.36. The van der Waals surface area contributed by atoms with Gasteiger partial charge in [-0.2, -0.15) is 0 Å². The molecule has 0 aliphatic carbocycles. The zero-order valence-electron chi connectivity index (χ0n) is 15.8. The van der Waals surface area contributed by atoms with Gasteiger partial charge in [-0.05, 0) is 32.8 Å². The molecule has 140 valence electrons. The summed E-state index contributed by atoms with van der Waals surface area (Å²) in [7, 11) is 0. The summed E-state index contributed by atoms with van der Waals surface area (Å²) in [6.45, 7) is 9.76. The molecule has 0 saturated carbocycles. The normalized spacial score (nSPS) is 21.1. The summed E-state index contributed by atoms with van der Waals surface area (Å²) in [5.74, 6) is 0.969. The Hall–Kier alpha value is -2.50. The number of rotatable bonds is 4. The highest BCUT2D eigenvalue weighted by atomic mass is 16.5. The Kier molecular flexibility index (Phi) is 4.94. The third-order valence-electron chi connectivity index (χ3n) is 4.72. The molecule has 2 aromatic rings. The Morgan fingerprint density at radius 1 is 1.31 bits per heavy atom. The number of hydrogen-bond donors (Lipinski definition) is 1. The minimum Gasteiger partial charge on any atom is -0.490 e. The van der Waals surface area contributed by atoms with Gasteiger partial charge in [0.2, 0.25) is 0 Å². The minimum absolute atomic E-state index is 0.0522. The molecule has 26 heavy (non-hydrogen) atoms. The molecular formula is C20H25NO5. The SMILES string of the molecule is CCCc1cc(=O)oc2c3c(cc(OC(C)C)c12)OC(C)C(C)/C3=N/O. The maximum atomic E-state index is 12.2. The second-order valence-electron chi connectivity index (χ2n) is 7.06. The fourth-order valence-electron chi connectivity index (χ4n) is 3.41. The van der Waals surface area contributed by atoms with E-state index in [0.717, 1.165) is 17.4 Å². The summed E-state index contributed by atoms with van der Waals surface area (Å²) < 4.78 is 17.6.